The van der Waals surface area contributed by atoms with Gasteiger partial charge in [0.2, 0.25) is 6.35 Å². The van der Waals surface area contributed by atoms with Crippen molar-refractivity contribution >= 4 is 13.6 Å². The van der Waals surface area contributed by atoms with Gasteiger partial charge in [0.25, 0.3) is 0 Å². The van der Waals surface area contributed by atoms with E-state index < -0.39 is 13.6 Å². The van der Waals surface area contributed by atoms with E-state index in [-0.39, 0.29) is 18.6 Å². The molecule has 0 spiro atoms. The van der Waals surface area contributed by atoms with Gasteiger partial charge in [-0.3, -0.25) is 4.79 Å². The number of hydrogen-bond acceptors (Lipinski definition) is 3. The molecule has 5 heteroatoms. The zero-order chi connectivity index (χ0) is 13.4. The second-order valence-electron chi connectivity index (χ2n) is 3.86. The van der Waals surface area contributed by atoms with Crippen LogP contribution in [0.3, 0.4) is 0 Å². The number of ketones is 1. The molecule has 0 N–H and O–H groups in total. The molecule has 0 aliphatic rings. The van der Waals surface area contributed by atoms with E-state index in [2.05, 4.69) is 0 Å². The van der Waals surface area contributed by atoms with Crippen molar-refractivity contribution in [2.75, 3.05) is 19.1 Å². The highest BCUT2D eigenvalue weighted by atomic mass is 31.1. The largest absolute Gasteiger partial charge is 0.366 e. The highest BCUT2D eigenvalue weighted by Crippen LogP contribution is 2.22. The average molecular weight is 271 g/mol. The van der Waals surface area contributed by atoms with Crippen LogP contribution in [0.1, 0.15) is 30.1 Å². The Balaban J connectivity index is 2.31. The van der Waals surface area contributed by atoms with Gasteiger partial charge in [0.15, 0.2) is 5.78 Å². The first-order valence-corrected chi connectivity index (χ1v) is 7.55. The maximum absolute atomic E-state index is 12.9. The first-order valence-electron chi connectivity index (χ1n) is 5.92. The third-order valence-electron chi connectivity index (χ3n) is 2.40. The second-order valence-corrected chi connectivity index (χ2v) is 5.53. The Labute approximate surface area is 107 Å². The van der Waals surface area contributed by atoms with Crippen LogP contribution in [0.4, 0.5) is 4.39 Å². The Morgan fingerprint density at radius 1 is 1.44 bits per heavy atom. The SMILES string of the molecule is CCOC[P+](=O)CCCC(=O)c1cccc(F)c1. The van der Waals surface area contributed by atoms with Crippen LogP contribution < -0.4 is 0 Å². The van der Waals surface area contributed by atoms with Gasteiger partial charge in [-0.05, 0) is 25.5 Å². The summed E-state index contributed by atoms with van der Waals surface area (Å²) in [4.78, 5) is 11.7. The summed E-state index contributed by atoms with van der Waals surface area (Å²) in [5, 5.41) is 0. The lowest BCUT2D eigenvalue weighted by Gasteiger charge is -1.98. The number of carbonyl (C=O) groups excluding carboxylic acids is 1. The minimum atomic E-state index is -1.39. The molecular weight excluding hydrogens is 254 g/mol. The lowest BCUT2D eigenvalue weighted by atomic mass is 10.1. The fourth-order valence-electron chi connectivity index (χ4n) is 1.48. The van der Waals surface area contributed by atoms with E-state index in [1.54, 1.807) is 6.07 Å². The van der Waals surface area contributed by atoms with E-state index in [0.29, 0.717) is 24.8 Å². The molecule has 0 aromatic heterocycles. The second kappa shape index (κ2) is 8.06. The van der Waals surface area contributed by atoms with Gasteiger partial charge in [-0.2, -0.15) is 0 Å². The predicted octanol–water partition coefficient (Wildman–Crippen LogP) is 3.61. The monoisotopic (exact) mass is 271 g/mol. The van der Waals surface area contributed by atoms with Gasteiger partial charge in [0.1, 0.15) is 12.0 Å². The molecule has 98 valence electrons. The van der Waals surface area contributed by atoms with Gasteiger partial charge in [0, 0.05) is 18.6 Å². The fourth-order valence-corrected chi connectivity index (χ4v) is 2.51. The molecular formula is C13H17FO3P+. The molecule has 1 aromatic carbocycles. The Bertz CT molecular complexity index is 420. The zero-order valence-corrected chi connectivity index (χ0v) is 11.3. The summed E-state index contributed by atoms with van der Waals surface area (Å²) in [6.07, 6.45) is 1.55. The van der Waals surface area contributed by atoms with E-state index in [1.165, 1.54) is 18.2 Å². The first kappa shape index (κ1) is 14.9. The lowest BCUT2D eigenvalue weighted by molar-refractivity contribution is 0.0981. The summed E-state index contributed by atoms with van der Waals surface area (Å²) in [5.41, 5.74) is 0.370. The molecule has 0 heterocycles. The number of benzene rings is 1. The van der Waals surface area contributed by atoms with Crippen LogP contribution in [-0.4, -0.2) is 24.9 Å². The Morgan fingerprint density at radius 2 is 2.22 bits per heavy atom. The van der Waals surface area contributed by atoms with Gasteiger partial charge in [0.05, 0.1) is 0 Å². The molecule has 0 aliphatic carbocycles. The molecule has 0 saturated carbocycles. The van der Waals surface area contributed by atoms with Crippen LogP contribution in [0.25, 0.3) is 0 Å². The van der Waals surface area contributed by atoms with E-state index in [0.717, 1.165) is 0 Å². The van der Waals surface area contributed by atoms with Crippen molar-refractivity contribution in [3.63, 3.8) is 0 Å². The lowest BCUT2D eigenvalue weighted by Crippen LogP contribution is -2.00. The topological polar surface area (TPSA) is 43.4 Å². The highest BCUT2D eigenvalue weighted by Gasteiger charge is 2.16. The number of hydrogen-bond donors (Lipinski definition) is 0. The van der Waals surface area contributed by atoms with Crippen LogP contribution in [0.15, 0.2) is 24.3 Å². The van der Waals surface area contributed by atoms with Crippen LogP contribution in [0.5, 0.6) is 0 Å². The molecule has 18 heavy (non-hydrogen) atoms. The summed E-state index contributed by atoms with van der Waals surface area (Å²) in [6, 6.07) is 5.63. The normalized spacial score (nSPS) is 11.3. The molecule has 0 fully saturated rings. The number of carbonyl (C=O) groups is 1. The van der Waals surface area contributed by atoms with Crippen molar-refractivity contribution < 1.29 is 18.5 Å². The third-order valence-corrected chi connectivity index (χ3v) is 3.68. The zero-order valence-electron chi connectivity index (χ0n) is 10.4. The molecule has 1 aromatic rings. The fraction of sp³-hybridized carbons (Fsp3) is 0.462. The van der Waals surface area contributed by atoms with Crippen LogP contribution >= 0.6 is 7.80 Å². The van der Waals surface area contributed by atoms with Gasteiger partial charge < -0.3 is 4.74 Å². The van der Waals surface area contributed by atoms with Crippen molar-refractivity contribution in [1.29, 1.82) is 0 Å². The standard InChI is InChI=1S/C13H17FO3P/c1-2-17-10-18(16)8-4-7-13(15)11-5-3-6-12(14)9-11/h3,5-6,9H,2,4,7-8,10H2,1H3/q+1. The van der Waals surface area contributed by atoms with Crippen LogP contribution in [0, 0.1) is 5.82 Å². The van der Waals surface area contributed by atoms with Crippen LogP contribution in [0.2, 0.25) is 0 Å². The maximum Gasteiger partial charge on any atom is 0.366 e. The van der Waals surface area contributed by atoms with E-state index in [4.69, 9.17) is 4.74 Å². The highest BCUT2D eigenvalue weighted by molar-refractivity contribution is 7.44. The molecule has 0 radical (unpaired) electrons. The van der Waals surface area contributed by atoms with Gasteiger partial charge in [-0.25, -0.2) is 4.39 Å². The van der Waals surface area contributed by atoms with Crippen molar-refractivity contribution in [1.82, 2.24) is 0 Å². The van der Waals surface area contributed by atoms with Gasteiger partial charge in [-0.1, -0.05) is 16.7 Å². The molecule has 1 atom stereocenters. The van der Waals surface area contributed by atoms with Crippen LogP contribution in [-0.2, 0) is 9.30 Å². The first-order chi connectivity index (χ1) is 8.63. The number of Topliss-reactive ketones (excluding diaryl/α,β-unsaturated/α-hetero) is 1. The van der Waals surface area contributed by atoms with E-state index >= 15 is 0 Å². The molecule has 1 unspecified atom stereocenters. The van der Waals surface area contributed by atoms with Crippen molar-refractivity contribution in [3.8, 4) is 0 Å². The Hall–Kier alpha value is -1.12. The minimum absolute atomic E-state index is 0.116. The number of rotatable bonds is 8. The van der Waals surface area contributed by atoms with E-state index in [9.17, 15) is 13.8 Å². The summed E-state index contributed by atoms with van der Waals surface area (Å²) in [5.74, 6) is -0.530. The quantitative estimate of drug-likeness (QED) is 0.536. The van der Waals surface area contributed by atoms with Crippen molar-refractivity contribution in [3.05, 3.63) is 35.6 Å². The summed E-state index contributed by atoms with van der Waals surface area (Å²) >= 11 is 0. The average Bonchev–Trinajstić information content (AvgIpc) is 2.36. The van der Waals surface area contributed by atoms with Crippen molar-refractivity contribution in [2.24, 2.45) is 0 Å². The molecule has 0 bridgehead atoms. The Morgan fingerprint density at radius 3 is 2.89 bits per heavy atom. The Kier molecular flexibility index (Phi) is 6.69. The molecule has 0 saturated heterocycles. The van der Waals surface area contributed by atoms with Crippen molar-refractivity contribution in [2.45, 2.75) is 19.8 Å². The van der Waals surface area contributed by atoms with Gasteiger partial charge >= 0.3 is 7.80 Å². The molecule has 1 rings (SSSR count). The smallest absolute Gasteiger partial charge is 0.338 e. The maximum atomic E-state index is 12.9. The third kappa shape index (κ3) is 5.48. The number of halogens is 1. The molecule has 0 amide bonds. The molecule has 3 nitrogen and oxygen atoms in total. The number of ether oxygens (including phenoxy) is 1. The minimum Gasteiger partial charge on any atom is -0.338 e. The van der Waals surface area contributed by atoms with E-state index in [1.807, 2.05) is 6.92 Å². The summed E-state index contributed by atoms with van der Waals surface area (Å²) in [7, 11) is -1.39. The summed E-state index contributed by atoms with van der Waals surface area (Å²) < 4.78 is 29.4. The summed E-state index contributed by atoms with van der Waals surface area (Å²) in [6.45, 7) is 2.39. The van der Waals surface area contributed by atoms with Gasteiger partial charge in [-0.15, -0.1) is 0 Å². The molecule has 0 aliphatic heterocycles. The predicted molar refractivity (Wildman–Crippen MR) is 68.9 cm³/mol.